The van der Waals surface area contributed by atoms with Crippen molar-refractivity contribution in [3.63, 3.8) is 0 Å². The maximum Gasteiger partial charge on any atom is 0.414 e. The summed E-state index contributed by atoms with van der Waals surface area (Å²) in [5, 5.41) is 3.45. The van der Waals surface area contributed by atoms with Gasteiger partial charge in [0, 0.05) is 29.6 Å². The van der Waals surface area contributed by atoms with Gasteiger partial charge in [0.1, 0.15) is 17.4 Å². The van der Waals surface area contributed by atoms with Crippen LogP contribution in [0.15, 0.2) is 24.4 Å². The molecular weight excluding hydrogens is 471 g/mol. The number of hydrogen-bond donors (Lipinski definition) is 2. The Morgan fingerprint density at radius 3 is 2.54 bits per heavy atom. The highest BCUT2D eigenvalue weighted by molar-refractivity contribution is 5.78. The minimum absolute atomic E-state index is 0.0294. The Bertz CT molecular complexity index is 1250. The predicted octanol–water partition coefficient (Wildman–Crippen LogP) is 5.48. The van der Waals surface area contributed by atoms with Crippen molar-refractivity contribution in [1.29, 1.82) is 0 Å². The van der Waals surface area contributed by atoms with Crippen LogP contribution in [0.3, 0.4) is 0 Å². The molecule has 5 rings (SSSR count). The minimum atomic E-state index is -4.67. The average molecular weight is 496 g/mol. The number of alkyl halides is 3. The number of nitrogens with one attached hydrogen (secondary N) is 2. The first-order chi connectivity index (χ1) is 16.6. The van der Waals surface area contributed by atoms with Crippen LogP contribution in [0.4, 0.5) is 22.0 Å². The Morgan fingerprint density at radius 1 is 1.11 bits per heavy atom. The third kappa shape index (κ3) is 4.04. The Labute approximate surface area is 198 Å². The van der Waals surface area contributed by atoms with E-state index >= 15 is 0 Å². The fourth-order valence-electron chi connectivity index (χ4n) is 5.41. The van der Waals surface area contributed by atoms with Crippen LogP contribution in [-0.4, -0.2) is 40.4 Å². The molecule has 0 spiro atoms. The zero-order valence-corrected chi connectivity index (χ0v) is 19.3. The quantitative estimate of drug-likeness (QED) is 0.468. The minimum Gasteiger partial charge on any atom is -0.493 e. The lowest BCUT2D eigenvalue weighted by atomic mass is 9.81. The molecule has 2 aliphatic rings. The summed E-state index contributed by atoms with van der Waals surface area (Å²) >= 11 is 0. The fourth-order valence-corrected chi connectivity index (χ4v) is 5.41. The molecule has 2 N–H and O–H groups in total. The monoisotopic (exact) mass is 496 g/mol. The SMILES string of the molecule is COc1c(C2C(C)C(C(F)(F)F)O[C@H]2c2nc3c(C4CCC(C)N4)nccc3[nH]2)ccc(F)c1F. The summed E-state index contributed by atoms with van der Waals surface area (Å²) in [5.41, 5.74) is 1.93. The van der Waals surface area contributed by atoms with Gasteiger partial charge in [-0.05, 0) is 31.9 Å². The van der Waals surface area contributed by atoms with Crippen molar-refractivity contribution in [3.05, 3.63) is 53.1 Å². The van der Waals surface area contributed by atoms with Gasteiger partial charge in [0.25, 0.3) is 0 Å². The lowest BCUT2D eigenvalue weighted by molar-refractivity contribution is -0.223. The molecule has 1 aromatic carbocycles. The standard InChI is InChI=1S/C24H25F5N4O2/c1-10-4-7-14(31-10)18-19-15(8-9-30-18)32-23(33-19)21-16(11(2)22(35-21)24(27,28)29)12-5-6-13(25)17(26)20(12)34-3/h5-6,8-11,14,16,21-22,31H,4,7H2,1-3H3,(H,32,33)/t10?,11?,14?,16?,21-,22?/m1/s1. The second kappa shape index (κ2) is 8.70. The molecule has 0 radical (unpaired) electrons. The number of rotatable bonds is 4. The van der Waals surface area contributed by atoms with E-state index in [2.05, 4.69) is 27.2 Å². The first-order valence-corrected chi connectivity index (χ1v) is 11.4. The largest absolute Gasteiger partial charge is 0.493 e. The number of imidazole rings is 1. The first kappa shape index (κ1) is 23.9. The Balaban J connectivity index is 1.62. The molecule has 35 heavy (non-hydrogen) atoms. The molecule has 4 heterocycles. The van der Waals surface area contributed by atoms with E-state index in [0.717, 1.165) is 26.0 Å². The van der Waals surface area contributed by atoms with Crippen molar-refractivity contribution in [2.75, 3.05) is 7.11 Å². The second-order valence-corrected chi connectivity index (χ2v) is 9.30. The molecule has 2 aromatic heterocycles. The van der Waals surface area contributed by atoms with Gasteiger partial charge in [0.2, 0.25) is 5.82 Å². The summed E-state index contributed by atoms with van der Waals surface area (Å²) in [4.78, 5) is 12.2. The van der Waals surface area contributed by atoms with Gasteiger partial charge in [-0.1, -0.05) is 13.0 Å². The molecule has 0 aliphatic carbocycles. The van der Waals surface area contributed by atoms with E-state index in [1.54, 1.807) is 12.3 Å². The fraction of sp³-hybridized carbons (Fsp3) is 0.500. The number of benzene rings is 1. The summed E-state index contributed by atoms with van der Waals surface area (Å²) < 4.78 is 80.7. The number of H-pyrrole nitrogens is 1. The number of methoxy groups -OCH3 is 1. The van der Waals surface area contributed by atoms with Crippen LogP contribution in [0.5, 0.6) is 5.75 Å². The maximum absolute atomic E-state index is 14.5. The third-order valence-electron chi connectivity index (χ3n) is 7.05. The lowest BCUT2D eigenvalue weighted by Gasteiger charge is -2.23. The molecule has 6 nitrogen and oxygen atoms in total. The van der Waals surface area contributed by atoms with E-state index in [4.69, 9.17) is 9.47 Å². The summed E-state index contributed by atoms with van der Waals surface area (Å²) in [5.74, 6) is -4.82. The normalized spacial score (nSPS) is 29.3. The maximum atomic E-state index is 14.5. The number of aromatic nitrogens is 3. The van der Waals surface area contributed by atoms with Gasteiger partial charge in [0.05, 0.1) is 24.4 Å². The second-order valence-electron chi connectivity index (χ2n) is 9.30. The molecule has 2 aliphatic heterocycles. The first-order valence-electron chi connectivity index (χ1n) is 11.4. The van der Waals surface area contributed by atoms with Crippen LogP contribution in [0.25, 0.3) is 11.0 Å². The topological polar surface area (TPSA) is 72.1 Å². The van der Waals surface area contributed by atoms with E-state index in [0.29, 0.717) is 22.8 Å². The zero-order valence-electron chi connectivity index (χ0n) is 19.3. The van der Waals surface area contributed by atoms with E-state index < -0.39 is 47.6 Å². The van der Waals surface area contributed by atoms with Crippen molar-refractivity contribution in [3.8, 4) is 5.75 Å². The van der Waals surface area contributed by atoms with Crippen molar-refractivity contribution in [1.82, 2.24) is 20.3 Å². The average Bonchev–Trinajstić information content (AvgIpc) is 3.51. The molecule has 2 fully saturated rings. The molecule has 2 saturated heterocycles. The van der Waals surface area contributed by atoms with Crippen LogP contribution in [-0.2, 0) is 4.74 Å². The summed E-state index contributed by atoms with van der Waals surface area (Å²) in [6, 6.07) is 4.10. The molecule has 0 saturated carbocycles. The Kier molecular flexibility index (Phi) is 5.95. The molecule has 5 unspecified atom stereocenters. The van der Waals surface area contributed by atoms with Crippen molar-refractivity contribution < 1.29 is 31.4 Å². The molecule has 6 atom stereocenters. The van der Waals surface area contributed by atoms with Gasteiger partial charge in [-0.25, -0.2) is 9.37 Å². The van der Waals surface area contributed by atoms with E-state index in [1.807, 2.05) is 0 Å². The van der Waals surface area contributed by atoms with Crippen LogP contribution < -0.4 is 10.1 Å². The van der Waals surface area contributed by atoms with Crippen LogP contribution >= 0.6 is 0 Å². The number of pyridine rings is 1. The molecule has 0 amide bonds. The van der Waals surface area contributed by atoms with Crippen LogP contribution in [0.1, 0.15) is 61.8 Å². The Hall–Kier alpha value is -2.79. The van der Waals surface area contributed by atoms with Gasteiger partial charge >= 0.3 is 6.18 Å². The smallest absolute Gasteiger partial charge is 0.414 e. The van der Waals surface area contributed by atoms with Crippen molar-refractivity contribution >= 4 is 11.0 Å². The summed E-state index contributed by atoms with van der Waals surface area (Å²) in [6.07, 6.45) is -4.55. The lowest BCUT2D eigenvalue weighted by Crippen LogP contribution is -2.33. The highest BCUT2D eigenvalue weighted by Crippen LogP contribution is 2.54. The number of hydrogen-bond acceptors (Lipinski definition) is 5. The molecular formula is C24H25F5N4O2. The predicted molar refractivity (Wildman–Crippen MR) is 117 cm³/mol. The summed E-state index contributed by atoms with van der Waals surface area (Å²) in [6.45, 7) is 3.45. The van der Waals surface area contributed by atoms with Crippen LogP contribution in [0, 0.1) is 17.6 Å². The number of fused-ring (bicyclic) bond motifs is 1. The van der Waals surface area contributed by atoms with Gasteiger partial charge in [-0.2, -0.15) is 17.6 Å². The van der Waals surface area contributed by atoms with E-state index in [1.165, 1.54) is 13.0 Å². The number of ether oxygens (including phenoxy) is 2. The van der Waals surface area contributed by atoms with E-state index in [9.17, 15) is 22.0 Å². The van der Waals surface area contributed by atoms with Gasteiger partial charge in [-0.3, -0.25) is 4.98 Å². The highest BCUT2D eigenvalue weighted by Gasteiger charge is 2.56. The van der Waals surface area contributed by atoms with Crippen molar-refractivity contribution in [2.24, 2.45) is 5.92 Å². The highest BCUT2D eigenvalue weighted by atomic mass is 19.4. The summed E-state index contributed by atoms with van der Waals surface area (Å²) in [7, 11) is 1.15. The zero-order chi connectivity index (χ0) is 25.1. The third-order valence-corrected chi connectivity index (χ3v) is 7.05. The van der Waals surface area contributed by atoms with Gasteiger partial charge in [0.15, 0.2) is 17.7 Å². The molecule has 11 heteroatoms. The van der Waals surface area contributed by atoms with E-state index in [-0.39, 0.29) is 17.4 Å². The molecule has 188 valence electrons. The van der Waals surface area contributed by atoms with Crippen LogP contribution in [0.2, 0.25) is 0 Å². The van der Waals surface area contributed by atoms with Gasteiger partial charge in [-0.15, -0.1) is 0 Å². The van der Waals surface area contributed by atoms with Gasteiger partial charge < -0.3 is 19.8 Å². The number of nitrogens with zero attached hydrogens (tertiary/aromatic N) is 2. The van der Waals surface area contributed by atoms with Crippen molar-refractivity contribution in [2.45, 2.75) is 63.1 Å². The molecule has 3 aromatic rings. The number of halogens is 5. The number of aromatic amines is 1. The molecule has 0 bridgehead atoms. The Morgan fingerprint density at radius 2 is 1.89 bits per heavy atom.